The van der Waals surface area contributed by atoms with Crippen LogP contribution in [0.3, 0.4) is 0 Å². The van der Waals surface area contributed by atoms with Gasteiger partial charge >= 0.3 is 12.1 Å². The van der Waals surface area contributed by atoms with Gasteiger partial charge in [0.15, 0.2) is 21.4 Å². The number of ketones is 1. The molecule has 0 N–H and O–H groups in total. The quantitative estimate of drug-likeness (QED) is 0.432. The predicted octanol–water partition coefficient (Wildman–Crippen LogP) is 4.69. The van der Waals surface area contributed by atoms with Crippen LogP contribution in [-0.2, 0) is 20.8 Å². The first-order valence-corrected chi connectivity index (χ1v) is 12.5. The van der Waals surface area contributed by atoms with Gasteiger partial charge in [0.2, 0.25) is 5.69 Å². The Kier molecular flexibility index (Phi) is 6.10. The Morgan fingerprint density at radius 1 is 1.09 bits per heavy atom. The van der Waals surface area contributed by atoms with Gasteiger partial charge in [0.05, 0.1) is 10.5 Å². The summed E-state index contributed by atoms with van der Waals surface area (Å²) in [5.74, 6) is -1.87. The van der Waals surface area contributed by atoms with Crippen LogP contribution in [0, 0.1) is 0 Å². The number of hydrogen-bond acceptors (Lipinski definition) is 7. The Morgan fingerprint density at radius 3 is 2.33 bits per heavy atom. The Hall–Kier alpha value is -2.69. The molecule has 4 rings (SSSR count). The average Bonchev–Trinajstić information content (AvgIpc) is 3.50. The second-order valence-corrected chi connectivity index (χ2v) is 10.5. The van der Waals surface area contributed by atoms with E-state index in [2.05, 4.69) is 5.16 Å². The van der Waals surface area contributed by atoms with Crippen molar-refractivity contribution in [2.45, 2.75) is 68.0 Å². The number of carbonyl (C=O) groups is 2. The predicted molar refractivity (Wildman–Crippen MR) is 109 cm³/mol. The molecule has 0 spiro atoms. The van der Waals surface area contributed by atoms with Crippen molar-refractivity contribution in [3.63, 3.8) is 0 Å². The normalized spacial score (nSPS) is 17.7. The van der Waals surface area contributed by atoms with Crippen molar-refractivity contribution in [2.75, 3.05) is 6.26 Å². The lowest BCUT2D eigenvalue weighted by Crippen LogP contribution is -2.23. The molecule has 0 atom stereocenters. The molecule has 2 aliphatic rings. The molecule has 1 aromatic heterocycles. The Labute approximate surface area is 188 Å². The molecule has 1 heterocycles. The minimum Gasteiger partial charge on any atom is -0.458 e. The summed E-state index contributed by atoms with van der Waals surface area (Å²) < 4.78 is 74.8. The molecule has 2 aromatic rings. The third kappa shape index (κ3) is 4.97. The minimum atomic E-state index is -4.80. The number of sulfone groups is 1. The molecule has 0 amide bonds. The molecule has 33 heavy (non-hydrogen) atoms. The van der Waals surface area contributed by atoms with Gasteiger partial charge in [-0.1, -0.05) is 11.6 Å². The lowest BCUT2D eigenvalue weighted by molar-refractivity contribution is -0.137. The highest BCUT2D eigenvalue weighted by atomic mass is 32.2. The zero-order chi connectivity index (χ0) is 24.0. The van der Waals surface area contributed by atoms with Gasteiger partial charge in [-0.05, 0) is 56.7 Å². The van der Waals surface area contributed by atoms with Crippen molar-refractivity contribution in [1.82, 2.24) is 5.16 Å². The molecular formula is C22H22F3NO6S. The van der Waals surface area contributed by atoms with Gasteiger partial charge < -0.3 is 9.26 Å². The smallest absolute Gasteiger partial charge is 0.416 e. The number of halogens is 3. The van der Waals surface area contributed by atoms with E-state index in [1.54, 1.807) is 0 Å². The standard InChI is InChI=1S/C22H22F3NO6S/c1-33(29,30)16-11-13(22(23,24)25)9-10-15(16)19(27)17-18(26-32-20(17)12-7-8-12)21(28)31-14-5-3-2-4-6-14/h9-12,14H,2-8H2,1H3. The second kappa shape index (κ2) is 8.58. The third-order valence-electron chi connectivity index (χ3n) is 5.87. The molecule has 0 radical (unpaired) electrons. The monoisotopic (exact) mass is 485 g/mol. The highest BCUT2D eigenvalue weighted by molar-refractivity contribution is 7.90. The van der Waals surface area contributed by atoms with Crippen LogP contribution in [0.25, 0.3) is 0 Å². The van der Waals surface area contributed by atoms with Crippen LogP contribution in [0.4, 0.5) is 13.2 Å². The number of rotatable bonds is 6. The number of nitrogens with zero attached hydrogens (tertiary/aromatic N) is 1. The SMILES string of the molecule is CS(=O)(=O)c1cc(C(F)(F)F)ccc1C(=O)c1c(C(=O)OC2CCCCC2)noc1C1CC1. The number of benzene rings is 1. The zero-order valence-electron chi connectivity index (χ0n) is 17.8. The Bertz CT molecular complexity index is 1190. The van der Waals surface area contributed by atoms with Gasteiger partial charge in [-0.2, -0.15) is 13.2 Å². The molecule has 178 valence electrons. The van der Waals surface area contributed by atoms with E-state index in [1.807, 2.05) is 0 Å². The first-order chi connectivity index (χ1) is 15.5. The van der Waals surface area contributed by atoms with Gasteiger partial charge in [-0.15, -0.1) is 0 Å². The van der Waals surface area contributed by atoms with Gasteiger partial charge in [-0.25, -0.2) is 13.2 Å². The van der Waals surface area contributed by atoms with Crippen LogP contribution >= 0.6 is 0 Å². The minimum absolute atomic E-state index is 0.120. The fourth-order valence-corrected chi connectivity index (χ4v) is 4.90. The van der Waals surface area contributed by atoms with Crippen molar-refractivity contribution in [3.05, 3.63) is 46.3 Å². The number of esters is 1. The van der Waals surface area contributed by atoms with E-state index in [4.69, 9.17) is 9.26 Å². The fraction of sp³-hybridized carbons (Fsp3) is 0.500. The average molecular weight is 485 g/mol. The first-order valence-electron chi connectivity index (χ1n) is 10.6. The summed E-state index contributed by atoms with van der Waals surface area (Å²) in [6.45, 7) is 0. The summed E-state index contributed by atoms with van der Waals surface area (Å²) in [6.07, 6.45) is 1.15. The van der Waals surface area contributed by atoms with Gasteiger partial charge in [0, 0.05) is 17.7 Å². The summed E-state index contributed by atoms with van der Waals surface area (Å²) in [5.41, 5.74) is -2.32. The summed E-state index contributed by atoms with van der Waals surface area (Å²) in [7, 11) is -4.21. The van der Waals surface area contributed by atoms with Crippen molar-refractivity contribution >= 4 is 21.6 Å². The molecular weight excluding hydrogens is 463 g/mol. The van der Waals surface area contributed by atoms with Crippen LogP contribution in [0.1, 0.15) is 88.6 Å². The van der Waals surface area contributed by atoms with Crippen molar-refractivity contribution < 1.29 is 40.4 Å². The van der Waals surface area contributed by atoms with Gasteiger partial charge in [0.1, 0.15) is 11.7 Å². The molecule has 2 fully saturated rings. The molecule has 0 aliphatic heterocycles. The summed E-state index contributed by atoms with van der Waals surface area (Å²) in [5, 5.41) is 3.74. The molecule has 0 bridgehead atoms. The van der Waals surface area contributed by atoms with Gasteiger partial charge in [0.25, 0.3) is 0 Å². The fourth-order valence-electron chi connectivity index (χ4n) is 4.00. The summed E-state index contributed by atoms with van der Waals surface area (Å²) in [4.78, 5) is 25.5. The highest BCUT2D eigenvalue weighted by Crippen LogP contribution is 2.43. The molecule has 2 saturated carbocycles. The maximum absolute atomic E-state index is 13.5. The van der Waals surface area contributed by atoms with E-state index in [9.17, 15) is 31.2 Å². The molecule has 0 unspecified atom stereocenters. The van der Waals surface area contributed by atoms with Crippen molar-refractivity contribution in [2.24, 2.45) is 0 Å². The number of carbonyl (C=O) groups excluding carboxylic acids is 2. The number of alkyl halides is 3. The maximum Gasteiger partial charge on any atom is 0.416 e. The van der Waals surface area contributed by atoms with E-state index in [1.165, 1.54) is 0 Å². The van der Waals surface area contributed by atoms with Crippen molar-refractivity contribution in [3.8, 4) is 0 Å². The zero-order valence-corrected chi connectivity index (χ0v) is 18.6. The molecule has 2 aliphatic carbocycles. The molecule has 1 aromatic carbocycles. The van der Waals surface area contributed by atoms with E-state index >= 15 is 0 Å². The second-order valence-electron chi connectivity index (χ2n) is 8.52. The van der Waals surface area contributed by atoms with Crippen LogP contribution in [-0.4, -0.2) is 37.7 Å². The Morgan fingerprint density at radius 2 is 1.76 bits per heavy atom. The molecule has 0 saturated heterocycles. The first kappa shape index (κ1) is 23.5. The van der Waals surface area contributed by atoms with E-state index < -0.39 is 43.8 Å². The molecule has 11 heteroatoms. The summed E-state index contributed by atoms with van der Waals surface area (Å²) >= 11 is 0. The lowest BCUT2D eigenvalue weighted by Gasteiger charge is -2.21. The number of ether oxygens (including phenoxy) is 1. The van der Waals surface area contributed by atoms with Crippen LogP contribution in [0.5, 0.6) is 0 Å². The Balaban J connectivity index is 1.77. The highest BCUT2D eigenvalue weighted by Gasteiger charge is 2.40. The van der Waals surface area contributed by atoms with Crippen LogP contribution in [0.15, 0.2) is 27.6 Å². The lowest BCUT2D eigenvalue weighted by atomic mass is 9.97. The van der Waals surface area contributed by atoms with Crippen LogP contribution < -0.4 is 0 Å². The van der Waals surface area contributed by atoms with Crippen molar-refractivity contribution in [1.29, 1.82) is 0 Å². The van der Waals surface area contributed by atoms with E-state index in [0.29, 0.717) is 44.1 Å². The maximum atomic E-state index is 13.5. The largest absolute Gasteiger partial charge is 0.458 e. The third-order valence-corrected chi connectivity index (χ3v) is 7.00. The topological polar surface area (TPSA) is 104 Å². The summed E-state index contributed by atoms with van der Waals surface area (Å²) in [6, 6.07) is 1.86. The van der Waals surface area contributed by atoms with E-state index in [0.717, 1.165) is 25.3 Å². The number of hydrogen-bond donors (Lipinski definition) is 0. The van der Waals surface area contributed by atoms with Gasteiger partial charge in [-0.3, -0.25) is 4.79 Å². The van der Waals surface area contributed by atoms with E-state index in [-0.39, 0.29) is 29.0 Å². The van der Waals surface area contributed by atoms with Crippen LogP contribution in [0.2, 0.25) is 0 Å². The molecule has 7 nitrogen and oxygen atoms in total. The number of aromatic nitrogens is 1.